The van der Waals surface area contributed by atoms with Gasteiger partial charge in [-0.25, -0.2) is 0 Å². The molecule has 1 aromatic heterocycles. The highest BCUT2D eigenvalue weighted by molar-refractivity contribution is 5.97. The van der Waals surface area contributed by atoms with Crippen LogP contribution in [0.2, 0.25) is 0 Å². The number of carbonyl (C=O) groups excluding carboxylic acids is 1. The highest BCUT2D eigenvalue weighted by atomic mass is 16.3. The third kappa shape index (κ3) is 3.12. The van der Waals surface area contributed by atoms with E-state index in [4.69, 9.17) is 5.73 Å². The lowest BCUT2D eigenvalue weighted by atomic mass is 9.98. The van der Waals surface area contributed by atoms with Crippen molar-refractivity contribution in [2.24, 2.45) is 0 Å². The van der Waals surface area contributed by atoms with Gasteiger partial charge >= 0.3 is 0 Å². The molecule has 20 heavy (non-hydrogen) atoms. The number of aromatic amines is 1. The first-order valence-corrected chi connectivity index (χ1v) is 7.29. The molecule has 1 amide bonds. The number of nitrogens with zero attached hydrogens (tertiary/aromatic N) is 2. The van der Waals surface area contributed by atoms with Crippen LogP contribution in [0.1, 0.15) is 55.7 Å². The number of aryl methyl sites for hydroxylation is 1. The molecule has 2 heterocycles. The number of aromatic nitrogens is 2. The van der Waals surface area contributed by atoms with Gasteiger partial charge in [0.15, 0.2) is 5.69 Å². The largest absolute Gasteiger partial charge is 0.395 e. The molecule has 112 valence electrons. The molecule has 0 radical (unpaired) electrons. The predicted molar refractivity (Wildman–Crippen MR) is 77.4 cm³/mol. The maximum absolute atomic E-state index is 12.5. The molecule has 1 saturated heterocycles. The second kappa shape index (κ2) is 5.83. The Labute approximate surface area is 119 Å². The lowest BCUT2D eigenvalue weighted by Gasteiger charge is -2.22. The van der Waals surface area contributed by atoms with Crippen LogP contribution in [0.5, 0.6) is 0 Å². The van der Waals surface area contributed by atoms with Crippen molar-refractivity contribution in [1.29, 1.82) is 0 Å². The molecule has 1 aliphatic heterocycles. The summed E-state index contributed by atoms with van der Waals surface area (Å²) in [5, 5.41) is 17.0. The van der Waals surface area contributed by atoms with E-state index in [0.29, 0.717) is 37.3 Å². The molecule has 1 aromatic rings. The number of likely N-dealkylation sites (tertiary alicyclic amines) is 1. The second-order valence-corrected chi connectivity index (χ2v) is 5.86. The minimum absolute atomic E-state index is 0.140. The van der Waals surface area contributed by atoms with Crippen molar-refractivity contribution in [3.05, 3.63) is 11.4 Å². The summed E-state index contributed by atoms with van der Waals surface area (Å²) in [7, 11) is 0. The van der Waals surface area contributed by atoms with Crippen LogP contribution in [0.15, 0.2) is 0 Å². The van der Waals surface area contributed by atoms with E-state index in [1.165, 1.54) is 0 Å². The first kappa shape index (κ1) is 14.8. The number of anilines is 1. The SMILES string of the molecule is CCCc1[nH]nc(C(=O)N2CCCC(C)(O)CC2)c1N. The molecular weight excluding hydrogens is 256 g/mol. The molecule has 1 atom stereocenters. The smallest absolute Gasteiger partial charge is 0.276 e. The van der Waals surface area contributed by atoms with E-state index >= 15 is 0 Å². The zero-order chi connectivity index (χ0) is 14.8. The van der Waals surface area contributed by atoms with Gasteiger partial charge in [-0.2, -0.15) is 5.10 Å². The molecule has 0 saturated carbocycles. The Balaban J connectivity index is 2.11. The normalized spacial score (nSPS) is 23.6. The second-order valence-electron chi connectivity index (χ2n) is 5.86. The number of carbonyl (C=O) groups is 1. The van der Waals surface area contributed by atoms with E-state index in [2.05, 4.69) is 17.1 Å². The van der Waals surface area contributed by atoms with Crippen LogP contribution in [0.25, 0.3) is 0 Å². The lowest BCUT2D eigenvalue weighted by molar-refractivity contribution is 0.0437. The summed E-state index contributed by atoms with van der Waals surface area (Å²) in [5.74, 6) is -0.140. The average molecular weight is 280 g/mol. The Bertz CT molecular complexity index is 482. The van der Waals surface area contributed by atoms with Gasteiger partial charge in [0.2, 0.25) is 0 Å². The molecule has 0 aliphatic carbocycles. The summed E-state index contributed by atoms with van der Waals surface area (Å²) in [6.07, 6.45) is 3.84. The van der Waals surface area contributed by atoms with E-state index in [9.17, 15) is 9.90 Å². The Morgan fingerprint density at radius 3 is 2.95 bits per heavy atom. The van der Waals surface area contributed by atoms with Crippen LogP contribution in [-0.2, 0) is 6.42 Å². The van der Waals surface area contributed by atoms with Gasteiger partial charge in [-0.05, 0) is 32.6 Å². The zero-order valence-corrected chi connectivity index (χ0v) is 12.3. The van der Waals surface area contributed by atoms with Gasteiger partial charge in [0, 0.05) is 13.1 Å². The van der Waals surface area contributed by atoms with Crippen molar-refractivity contribution < 1.29 is 9.90 Å². The van der Waals surface area contributed by atoms with E-state index in [1.807, 2.05) is 6.92 Å². The summed E-state index contributed by atoms with van der Waals surface area (Å²) >= 11 is 0. The third-order valence-corrected chi connectivity index (χ3v) is 3.94. The van der Waals surface area contributed by atoms with Gasteiger partial charge < -0.3 is 15.7 Å². The van der Waals surface area contributed by atoms with Crippen LogP contribution in [0.4, 0.5) is 5.69 Å². The summed E-state index contributed by atoms with van der Waals surface area (Å²) in [4.78, 5) is 14.2. The van der Waals surface area contributed by atoms with Gasteiger partial charge in [-0.3, -0.25) is 9.89 Å². The number of rotatable bonds is 3. The van der Waals surface area contributed by atoms with Crippen molar-refractivity contribution >= 4 is 11.6 Å². The Morgan fingerprint density at radius 1 is 1.50 bits per heavy atom. The molecular formula is C14H24N4O2. The Hall–Kier alpha value is -1.56. The Kier molecular flexibility index (Phi) is 4.32. The lowest BCUT2D eigenvalue weighted by Crippen LogP contribution is -2.34. The zero-order valence-electron chi connectivity index (χ0n) is 12.3. The van der Waals surface area contributed by atoms with Gasteiger partial charge in [0.1, 0.15) is 0 Å². The highest BCUT2D eigenvalue weighted by Crippen LogP contribution is 2.24. The van der Waals surface area contributed by atoms with Crippen LogP contribution < -0.4 is 5.73 Å². The molecule has 1 fully saturated rings. The van der Waals surface area contributed by atoms with Crippen molar-refractivity contribution in [2.45, 2.75) is 51.6 Å². The van der Waals surface area contributed by atoms with Crippen molar-refractivity contribution in [3.8, 4) is 0 Å². The number of aliphatic hydroxyl groups is 1. The number of nitrogens with two attached hydrogens (primary N) is 1. The predicted octanol–water partition coefficient (Wildman–Crippen LogP) is 1.32. The standard InChI is InChI=1S/C14H24N4O2/c1-3-5-10-11(15)12(17-16-10)13(19)18-8-4-6-14(2,20)7-9-18/h20H,3-9,15H2,1-2H3,(H,16,17). The summed E-state index contributed by atoms with van der Waals surface area (Å²) in [6, 6.07) is 0. The fraction of sp³-hybridized carbons (Fsp3) is 0.714. The van der Waals surface area contributed by atoms with Gasteiger partial charge in [-0.1, -0.05) is 13.3 Å². The van der Waals surface area contributed by atoms with E-state index in [0.717, 1.165) is 25.0 Å². The van der Waals surface area contributed by atoms with Crippen LogP contribution in [0, 0.1) is 0 Å². The van der Waals surface area contributed by atoms with E-state index < -0.39 is 5.60 Å². The first-order valence-electron chi connectivity index (χ1n) is 7.29. The Morgan fingerprint density at radius 2 is 2.25 bits per heavy atom. The molecule has 0 spiro atoms. The first-order chi connectivity index (χ1) is 9.44. The monoisotopic (exact) mass is 280 g/mol. The van der Waals surface area contributed by atoms with Crippen LogP contribution >= 0.6 is 0 Å². The molecule has 6 heteroatoms. The topological polar surface area (TPSA) is 95.2 Å². The fourth-order valence-electron chi connectivity index (χ4n) is 2.61. The average Bonchev–Trinajstić information content (AvgIpc) is 2.64. The minimum Gasteiger partial charge on any atom is -0.395 e. The molecule has 4 N–H and O–H groups in total. The molecule has 0 aromatic carbocycles. The highest BCUT2D eigenvalue weighted by Gasteiger charge is 2.29. The minimum atomic E-state index is -0.681. The van der Waals surface area contributed by atoms with Crippen molar-refractivity contribution in [3.63, 3.8) is 0 Å². The van der Waals surface area contributed by atoms with Crippen LogP contribution in [-0.4, -0.2) is 44.8 Å². The van der Waals surface area contributed by atoms with Crippen LogP contribution in [0.3, 0.4) is 0 Å². The molecule has 6 nitrogen and oxygen atoms in total. The summed E-state index contributed by atoms with van der Waals surface area (Å²) in [5.41, 5.74) is 6.93. The van der Waals surface area contributed by atoms with Gasteiger partial charge in [-0.15, -0.1) is 0 Å². The molecule has 1 unspecified atom stereocenters. The number of amides is 1. The van der Waals surface area contributed by atoms with E-state index in [1.54, 1.807) is 4.90 Å². The van der Waals surface area contributed by atoms with Crippen molar-refractivity contribution in [1.82, 2.24) is 15.1 Å². The number of H-pyrrole nitrogens is 1. The number of hydrogen-bond acceptors (Lipinski definition) is 4. The number of hydrogen-bond donors (Lipinski definition) is 3. The molecule has 0 bridgehead atoms. The summed E-state index contributed by atoms with van der Waals surface area (Å²) < 4.78 is 0. The quantitative estimate of drug-likeness (QED) is 0.778. The molecule has 1 aliphatic rings. The fourth-order valence-corrected chi connectivity index (χ4v) is 2.61. The molecule has 2 rings (SSSR count). The summed E-state index contributed by atoms with van der Waals surface area (Å²) in [6.45, 7) is 5.06. The number of nitrogen functional groups attached to an aromatic ring is 1. The third-order valence-electron chi connectivity index (χ3n) is 3.94. The maximum atomic E-state index is 12.5. The van der Waals surface area contributed by atoms with Crippen molar-refractivity contribution in [2.75, 3.05) is 18.8 Å². The van der Waals surface area contributed by atoms with E-state index in [-0.39, 0.29) is 5.91 Å². The number of nitrogens with one attached hydrogen (secondary N) is 1. The van der Waals surface area contributed by atoms with Gasteiger partial charge in [0.05, 0.1) is 17.0 Å². The van der Waals surface area contributed by atoms with Gasteiger partial charge in [0.25, 0.3) is 5.91 Å². The maximum Gasteiger partial charge on any atom is 0.276 e.